The summed E-state index contributed by atoms with van der Waals surface area (Å²) in [5, 5.41) is 1.36. The minimum absolute atomic E-state index is 0.824. The Bertz CT molecular complexity index is 962. The predicted octanol–water partition coefficient (Wildman–Crippen LogP) is 4.61. The molecule has 1 aromatic carbocycles. The van der Waals surface area contributed by atoms with Gasteiger partial charge in [-0.2, -0.15) is 0 Å². The van der Waals surface area contributed by atoms with Crippen molar-refractivity contribution >= 4 is 39.1 Å². The van der Waals surface area contributed by atoms with Crippen molar-refractivity contribution in [1.29, 1.82) is 0 Å². The highest BCUT2D eigenvalue weighted by Gasteiger charge is 2.26. The normalized spacial score (nSPS) is 17.4. The van der Waals surface area contributed by atoms with Crippen LogP contribution in [-0.4, -0.2) is 47.6 Å². The molecule has 1 saturated heterocycles. The summed E-state index contributed by atoms with van der Waals surface area (Å²) in [4.78, 5) is 19.2. The van der Waals surface area contributed by atoms with Crippen molar-refractivity contribution in [2.75, 3.05) is 37.6 Å². The number of benzene rings is 1. The van der Waals surface area contributed by atoms with Crippen molar-refractivity contribution < 1.29 is 0 Å². The number of anilines is 1. The maximum absolute atomic E-state index is 5.12. The summed E-state index contributed by atoms with van der Waals surface area (Å²) < 4.78 is 0. The molecule has 3 heterocycles. The van der Waals surface area contributed by atoms with Crippen LogP contribution in [0.1, 0.15) is 29.6 Å². The van der Waals surface area contributed by atoms with Crippen LogP contribution in [0, 0.1) is 0 Å². The van der Waals surface area contributed by atoms with E-state index in [0.717, 1.165) is 44.3 Å². The van der Waals surface area contributed by atoms with Gasteiger partial charge in [-0.25, -0.2) is 9.97 Å². The van der Waals surface area contributed by atoms with E-state index in [4.69, 9.17) is 9.97 Å². The molecule has 2 aromatic heterocycles. The molecule has 146 valence electrons. The molecule has 28 heavy (non-hydrogen) atoms. The van der Waals surface area contributed by atoms with E-state index in [9.17, 15) is 0 Å². The van der Waals surface area contributed by atoms with E-state index in [1.165, 1.54) is 45.8 Å². The van der Waals surface area contributed by atoms with Crippen LogP contribution in [-0.2, 0) is 18.6 Å². The van der Waals surface area contributed by atoms with E-state index in [1.54, 1.807) is 4.88 Å². The van der Waals surface area contributed by atoms with E-state index in [1.807, 2.05) is 23.1 Å². The van der Waals surface area contributed by atoms with Crippen LogP contribution in [0.5, 0.6) is 0 Å². The molecule has 3 aromatic rings. The van der Waals surface area contributed by atoms with Gasteiger partial charge in [0.2, 0.25) is 0 Å². The number of rotatable bonds is 5. The lowest BCUT2D eigenvalue weighted by molar-refractivity contribution is 0.270. The molecule has 1 aliphatic heterocycles. The number of thiophene rings is 1. The quantitative estimate of drug-likeness (QED) is 0.573. The smallest absolute Gasteiger partial charge is 0.142 e. The summed E-state index contributed by atoms with van der Waals surface area (Å²) >= 11 is 3.73. The number of piperazine rings is 1. The summed E-state index contributed by atoms with van der Waals surface area (Å²) in [6, 6.07) is 10.6. The molecule has 0 atom stereocenters. The first-order valence-electron chi connectivity index (χ1n) is 10.3. The molecule has 5 rings (SSSR count). The first-order valence-corrected chi connectivity index (χ1v) is 12.1. The summed E-state index contributed by atoms with van der Waals surface area (Å²) in [6.07, 6.45) is 3.69. The van der Waals surface area contributed by atoms with Crippen LogP contribution in [0.2, 0.25) is 0 Å². The number of aryl methyl sites for hydroxylation is 2. The second-order valence-corrected chi connectivity index (χ2v) is 9.66. The summed E-state index contributed by atoms with van der Waals surface area (Å²) in [5.41, 5.74) is 1.54. The summed E-state index contributed by atoms with van der Waals surface area (Å²) in [5.74, 6) is 2.99. The van der Waals surface area contributed by atoms with Gasteiger partial charge in [0.1, 0.15) is 16.5 Å². The van der Waals surface area contributed by atoms with Gasteiger partial charge >= 0.3 is 0 Å². The monoisotopic (exact) mass is 410 g/mol. The standard InChI is InChI=1S/C22H26N4S2/c1-2-25-11-13-26(14-12-25)21-20-17-9-6-10-18(17)28-22(20)24-19(23-21)15-27-16-7-4-3-5-8-16/h3-5,7-8H,2,6,9-15H2,1H3. The molecule has 1 aliphatic carbocycles. The Kier molecular flexibility index (Phi) is 5.26. The number of thioether (sulfide) groups is 1. The SMILES string of the molecule is CCN1CCN(c2nc(CSc3ccccc3)nc3sc4c(c23)CCC4)CC1. The van der Waals surface area contributed by atoms with E-state index in [-0.39, 0.29) is 0 Å². The fourth-order valence-electron chi connectivity index (χ4n) is 4.25. The minimum atomic E-state index is 0.824. The molecule has 0 spiro atoms. The fraction of sp³-hybridized carbons (Fsp3) is 0.455. The van der Waals surface area contributed by atoms with Gasteiger partial charge < -0.3 is 9.80 Å². The molecule has 4 nitrogen and oxygen atoms in total. The highest BCUT2D eigenvalue weighted by Crippen LogP contribution is 2.41. The number of fused-ring (bicyclic) bond motifs is 3. The Hall–Kier alpha value is -1.63. The van der Waals surface area contributed by atoms with E-state index in [0.29, 0.717) is 0 Å². The highest BCUT2D eigenvalue weighted by atomic mass is 32.2. The van der Waals surface area contributed by atoms with Gasteiger partial charge in [0.15, 0.2) is 0 Å². The number of likely N-dealkylation sites (N-methyl/N-ethyl adjacent to an activating group) is 1. The molecular weight excluding hydrogens is 384 g/mol. The van der Waals surface area contributed by atoms with Crippen molar-refractivity contribution in [2.24, 2.45) is 0 Å². The molecule has 0 radical (unpaired) electrons. The van der Waals surface area contributed by atoms with Gasteiger partial charge in [-0.1, -0.05) is 25.1 Å². The van der Waals surface area contributed by atoms with Crippen LogP contribution in [0.15, 0.2) is 35.2 Å². The third-order valence-electron chi connectivity index (χ3n) is 5.82. The molecule has 0 unspecified atom stereocenters. The predicted molar refractivity (Wildman–Crippen MR) is 120 cm³/mol. The van der Waals surface area contributed by atoms with E-state index in [2.05, 4.69) is 47.1 Å². The average Bonchev–Trinajstić information content (AvgIpc) is 3.33. The van der Waals surface area contributed by atoms with E-state index < -0.39 is 0 Å². The lowest BCUT2D eigenvalue weighted by atomic mass is 10.1. The minimum Gasteiger partial charge on any atom is -0.353 e. The van der Waals surface area contributed by atoms with Gasteiger partial charge in [-0.15, -0.1) is 23.1 Å². The Morgan fingerprint density at radius 2 is 1.86 bits per heavy atom. The van der Waals surface area contributed by atoms with E-state index >= 15 is 0 Å². The zero-order chi connectivity index (χ0) is 18.9. The van der Waals surface area contributed by atoms with Gasteiger partial charge in [-0.3, -0.25) is 0 Å². The van der Waals surface area contributed by atoms with Gasteiger partial charge in [0.05, 0.1) is 11.1 Å². The number of aromatic nitrogens is 2. The third-order valence-corrected chi connectivity index (χ3v) is 8.02. The summed E-state index contributed by atoms with van der Waals surface area (Å²) in [7, 11) is 0. The Balaban J connectivity index is 1.49. The van der Waals surface area contributed by atoms with Crippen LogP contribution in [0.3, 0.4) is 0 Å². The molecule has 0 bridgehead atoms. The molecule has 0 N–H and O–H groups in total. The van der Waals surface area contributed by atoms with Crippen molar-refractivity contribution in [2.45, 2.75) is 36.8 Å². The lowest BCUT2D eigenvalue weighted by Crippen LogP contribution is -2.46. The number of hydrogen-bond donors (Lipinski definition) is 0. The van der Waals surface area contributed by atoms with Crippen molar-refractivity contribution in [3.63, 3.8) is 0 Å². The summed E-state index contributed by atoms with van der Waals surface area (Å²) in [6.45, 7) is 7.78. The van der Waals surface area contributed by atoms with Gasteiger partial charge in [-0.05, 0) is 43.5 Å². The molecule has 2 aliphatic rings. The van der Waals surface area contributed by atoms with Crippen molar-refractivity contribution in [3.05, 3.63) is 46.6 Å². The molecule has 1 fully saturated rings. The highest BCUT2D eigenvalue weighted by molar-refractivity contribution is 7.98. The van der Waals surface area contributed by atoms with Gasteiger partial charge in [0, 0.05) is 36.0 Å². The first kappa shape index (κ1) is 18.4. The van der Waals surface area contributed by atoms with Crippen LogP contribution in [0.4, 0.5) is 5.82 Å². The third kappa shape index (κ3) is 3.53. The molecule has 0 amide bonds. The number of nitrogens with zero attached hydrogens (tertiary/aromatic N) is 4. The van der Waals surface area contributed by atoms with Crippen molar-refractivity contribution in [1.82, 2.24) is 14.9 Å². The number of hydrogen-bond acceptors (Lipinski definition) is 6. The second-order valence-electron chi connectivity index (χ2n) is 7.52. The lowest BCUT2D eigenvalue weighted by Gasteiger charge is -2.35. The Morgan fingerprint density at radius 3 is 2.64 bits per heavy atom. The van der Waals surface area contributed by atoms with Crippen LogP contribution < -0.4 is 4.90 Å². The van der Waals surface area contributed by atoms with Crippen molar-refractivity contribution in [3.8, 4) is 0 Å². The maximum Gasteiger partial charge on any atom is 0.142 e. The largest absolute Gasteiger partial charge is 0.353 e. The molecule has 6 heteroatoms. The zero-order valence-corrected chi connectivity index (χ0v) is 18.0. The van der Waals surface area contributed by atoms with Crippen LogP contribution in [0.25, 0.3) is 10.2 Å². The zero-order valence-electron chi connectivity index (χ0n) is 16.4. The van der Waals surface area contributed by atoms with Crippen LogP contribution >= 0.6 is 23.1 Å². The van der Waals surface area contributed by atoms with Gasteiger partial charge in [0.25, 0.3) is 0 Å². The maximum atomic E-state index is 5.12. The molecular formula is C22H26N4S2. The molecule has 0 saturated carbocycles. The first-order chi connectivity index (χ1) is 13.8. The fourth-order valence-corrected chi connectivity index (χ4v) is 6.30. The topological polar surface area (TPSA) is 32.3 Å². The average molecular weight is 411 g/mol. The Morgan fingerprint density at radius 1 is 1.04 bits per heavy atom. The second kappa shape index (κ2) is 8.01. The Labute approximate surface area is 175 Å².